The Labute approximate surface area is 189 Å². The van der Waals surface area contributed by atoms with Crippen LogP contribution < -0.4 is 15.2 Å². The van der Waals surface area contributed by atoms with Crippen molar-refractivity contribution in [3.8, 4) is 11.5 Å². The lowest BCUT2D eigenvalue weighted by atomic mass is 9.66. The lowest BCUT2D eigenvalue weighted by Gasteiger charge is -2.45. The first kappa shape index (κ1) is 21.1. The summed E-state index contributed by atoms with van der Waals surface area (Å²) < 4.78 is 17.0. The third-order valence-electron chi connectivity index (χ3n) is 7.35. The molecule has 1 aliphatic heterocycles. The fourth-order valence-corrected chi connectivity index (χ4v) is 5.49. The minimum Gasteiger partial charge on any atom is -0.497 e. The predicted octanol–water partition coefficient (Wildman–Crippen LogP) is 3.75. The second-order valence-electron chi connectivity index (χ2n) is 9.05. The average Bonchev–Trinajstić information content (AvgIpc) is 3.26. The zero-order valence-electron chi connectivity index (χ0n) is 19.0. The van der Waals surface area contributed by atoms with E-state index in [0.717, 1.165) is 54.7 Å². The quantitative estimate of drug-likeness (QED) is 0.768. The molecule has 3 aliphatic rings. The molecule has 170 valence electrons. The molecule has 1 fully saturated rings. The van der Waals surface area contributed by atoms with Crippen molar-refractivity contribution >= 4 is 5.96 Å². The van der Waals surface area contributed by atoms with Crippen molar-refractivity contribution in [1.29, 1.82) is 0 Å². The summed E-state index contributed by atoms with van der Waals surface area (Å²) >= 11 is 0. The van der Waals surface area contributed by atoms with Gasteiger partial charge in [-0.15, -0.1) is 0 Å². The van der Waals surface area contributed by atoms with Crippen molar-refractivity contribution in [3.63, 3.8) is 0 Å². The number of rotatable bonds is 5. The van der Waals surface area contributed by atoms with Gasteiger partial charge in [0.05, 0.1) is 13.2 Å². The van der Waals surface area contributed by atoms with E-state index in [1.165, 1.54) is 5.56 Å². The van der Waals surface area contributed by atoms with Crippen LogP contribution in [0.5, 0.6) is 11.5 Å². The molecule has 1 unspecified atom stereocenters. The molecule has 1 heterocycles. The molecule has 2 aromatic carbocycles. The number of hydrogen-bond acceptors (Lipinski definition) is 7. The van der Waals surface area contributed by atoms with Crippen molar-refractivity contribution in [3.05, 3.63) is 59.2 Å². The zero-order valence-corrected chi connectivity index (χ0v) is 19.0. The highest BCUT2D eigenvalue weighted by Crippen LogP contribution is 2.62. The van der Waals surface area contributed by atoms with Crippen LogP contribution in [0.2, 0.25) is 0 Å². The smallest absolute Gasteiger partial charge is 0.220 e. The molecule has 1 atom stereocenters. The Hall–Kier alpha value is -2.77. The fourth-order valence-electron chi connectivity index (χ4n) is 5.49. The van der Waals surface area contributed by atoms with Crippen molar-refractivity contribution in [1.82, 2.24) is 5.06 Å². The molecule has 0 aromatic heterocycles. The normalized spacial score (nSPS) is 28.8. The van der Waals surface area contributed by atoms with Crippen molar-refractivity contribution in [2.75, 3.05) is 21.3 Å². The minimum absolute atomic E-state index is 0.131. The van der Waals surface area contributed by atoms with Crippen LogP contribution in [0.25, 0.3) is 0 Å². The van der Waals surface area contributed by atoms with Crippen LogP contribution in [-0.2, 0) is 28.3 Å². The van der Waals surface area contributed by atoms with Crippen LogP contribution in [0.3, 0.4) is 0 Å². The summed E-state index contributed by atoms with van der Waals surface area (Å²) in [5.41, 5.74) is 8.67. The molecule has 2 N–H and O–H groups in total. The Morgan fingerprint density at radius 1 is 1.09 bits per heavy atom. The molecule has 32 heavy (non-hydrogen) atoms. The number of benzene rings is 2. The molecule has 0 bridgehead atoms. The number of ether oxygens (including phenoxy) is 3. The maximum atomic E-state index is 6.45. The first-order valence-corrected chi connectivity index (χ1v) is 11.2. The maximum Gasteiger partial charge on any atom is 0.220 e. The van der Waals surface area contributed by atoms with Gasteiger partial charge < -0.3 is 19.9 Å². The highest BCUT2D eigenvalue weighted by atomic mass is 16.7. The SMILES string of the molecule is COc1ccc(COc2ccc3c(c2)C2(N=C(N)N(C)O2)C2(CCC(OC)CC2)C3)cc1. The van der Waals surface area contributed by atoms with Gasteiger partial charge >= 0.3 is 0 Å². The highest BCUT2D eigenvalue weighted by Gasteiger charge is 2.63. The molecular weight excluding hydrogens is 406 g/mol. The summed E-state index contributed by atoms with van der Waals surface area (Å²) in [6.07, 6.45) is 5.16. The average molecular weight is 438 g/mol. The molecule has 0 radical (unpaired) electrons. The van der Waals surface area contributed by atoms with Gasteiger partial charge in [0.2, 0.25) is 11.7 Å². The van der Waals surface area contributed by atoms with Gasteiger partial charge in [0, 0.05) is 25.1 Å². The van der Waals surface area contributed by atoms with E-state index >= 15 is 0 Å². The largest absolute Gasteiger partial charge is 0.497 e. The van der Waals surface area contributed by atoms with Gasteiger partial charge in [-0.3, -0.25) is 0 Å². The van der Waals surface area contributed by atoms with E-state index in [0.29, 0.717) is 18.7 Å². The maximum absolute atomic E-state index is 6.45. The van der Waals surface area contributed by atoms with Crippen LogP contribution in [0.4, 0.5) is 0 Å². The zero-order chi connectivity index (χ0) is 22.3. The predicted molar refractivity (Wildman–Crippen MR) is 121 cm³/mol. The number of fused-ring (bicyclic) bond motifs is 3. The Balaban J connectivity index is 1.44. The Morgan fingerprint density at radius 3 is 2.44 bits per heavy atom. The minimum atomic E-state index is -0.806. The van der Waals surface area contributed by atoms with Crippen molar-refractivity contribution in [2.45, 2.75) is 50.5 Å². The van der Waals surface area contributed by atoms with Crippen LogP contribution in [-0.4, -0.2) is 38.4 Å². The van der Waals surface area contributed by atoms with Crippen molar-refractivity contribution in [2.24, 2.45) is 16.1 Å². The topological polar surface area (TPSA) is 78.5 Å². The lowest BCUT2D eigenvalue weighted by Crippen LogP contribution is -2.46. The number of guanidine groups is 1. The van der Waals surface area contributed by atoms with E-state index in [-0.39, 0.29) is 5.41 Å². The second kappa shape index (κ2) is 7.98. The summed E-state index contributed by atoms with van der Waals surface area (Å²) in [5.74, 6) is 2.05. The van der Waals surface area contributed by atoms with E-state index < -0.39 is 5.72 Å². The molecule has 7 heteroatoms. The first-order chi connectivity index (χ1) is 15.5. The van der Waals surface area contributed by atoms with Gasteiger partial charge in [-0.1, -0.05) is 18.2 Å². The van der Waals surface area contributed by atoms with Crippen LogP contribution in [0, 0.1) is 5.41 Å². The van der Waals surface area contributed by atoms with Gasteiger partial charge in [-0.2, -0.15) is 0 Å². The van der Waals surface area contributed by atoms with Crippen LogP contribution >= 0.6 is 0 Å². The Bertz CT molecular complexity index is 1010. The van der Waals surface area contributed by atoms with Crippen LogP contribution in [0.1, 0.15) is 42.4 Å². The van der Waals surface area contributed by atoms with Gasteiger partial charge in [-0.25, -0.2) is 14.9 Å². The lowest BCUT2D eigenvalue weighted by molar-refractivity contribution is -0.232. The summed E-state index contributed by atoms with van der Waals surface area (Å²) in [4.78, 5) is 11.4. The Morgan fingerprint density at radius 2 is 1.81 bits per heavy atom. The number of hydrogen-bond donors (Lipinski definition) is 1. The third-order valence-corrected chi connectivity index (χ3v) is 7.35. The standard InChI is InChI=1S/C25H31N3O4/c1-28-23(26)27-25(32-28)22-14-21(31-16-17-4-7-19(29-2)8-5-17)9-6-18(22)15-24(25)12-10-20(30-3)11-13-24/h4-9,14,20H,10-13,15-16H2,1-3H3,(H2,26,27). The molecule has 0 amide bonds. The van der Waals surface area contributed by atoms with Gasteiger partial charge in [0.1, 0.15) is 18.1 Å². The Kier molecular flexibility index (Phi) is 5.26. The number of methoxy groups -OCH3 is 2. The van der Waals surface area contributed by atoms with Crippen molar-refractivity contribution < 1.29 is 19.0 Å². The number of nitrogens with zero attached hydrogens (tertiary/aromatic N) is 2. The molecule has 2 aliphatic carbocycles. The van der Waals surface area contributed by atoms with E-state index in [1.54, 1.807) is 19.3 Å². The molecular formula is C25H31N3O4. The molecule has 7 nitrogen and oxygen atoms in total. The van der Waals surface area contributed by atoms with Gasteiger partial charge in [0.25, 0.3) is 0 Å². The molecule has 0 saturated heterocycles. The number of aliphatic imine (C=N–C) groups is 1. The molecule has 2 aromatic rings. The molecule has 2 spiro atoms. The van der Waals surface area contributed by atoms with E-state index in [1.807, 2.05) is 37.4 Å². The monoisotopic (exact) mass is 437 g/mol. The highest BCUT2D eigenvalue weighted by molar-refractivity contribution is 5.79. The summed E-state index contributed by atoms with van der Waals surface area (Å²) in [7, 11) is 5.28. The summed E-state index contributed by atoms with van der Waals surface area (Å²) in [5, 5.41) is 1.60. The molecule has 1 saturated carbocycles. The van der Waals surface area contributed by atoms with Gasteiger partial charge in [-0.05, 0) is 67.5 Å². The second-order valence-corrected chi connectivity index (χ2v) is 9.05. The molecule has 5 rings (SSSR count). The first-order valence-electron chi connectivity index (χ1n) is 11.2. The van der Waals surface area contributed by atoms with Crippen LogP contribution in [0.15, 0.2) is 47.5 Å². The van der Waals surface area contributed by atoms with E-state index in [4.69, 9.17) is 29.8 Å². The third kappa shape index (κ3) is 3.31. The number of hydroxylamine groups is 2. The van der Waals surface area contributed by atoms with E-state index in [9.17, 15) is 0 Å². The fraction of sp³-hybridized carbons (Fsp3) is 0.480. The number of nitrogens with two attached hydrogens (primary N) is 1. The van der Waals surface area contributed by atoms with Gasteiger partial charge in [0.15, 0.2) is 0 Å². The summed E-state index contributed by atoms with van der Waals surface area (Å²) in [6.45, 7) is 0.475. The van der Waals surface area contributed by atoms with E-state index in [2.05, 4.69) is 12.1 Å². The summed E-state index contributed by atoms with van der Waals surface area (Å²) in [6, 6.07) is 14.2.